The maximum atomic E-state index is 12.1. The maximum Gasteiger partial charge on any atom is 0.284 e. The Labute approximate surface area is 148 Å². The van der Waals surface area contributed by atoms with Crippen molar-refractivity contribution >= 4 is 17.8 Å². The second-order valence-corrected chi connectivity index (χ2v) is 5.54. The number of non-ortho nitro benzene ring substituents is 1. The lowest BCUT2D eigenvalue weighted by Gasteiger charge is -2.24. The number of fused-ring (bicyclic) bond motifs is 1. The Morgan fingerprint density at radius 1 is 1.35 bits per heavy atom. The predicted octanol–water partition coefficient (Wildman–Crippen LogP) is 1.27. The molecule has 0 saturated carbocycles. The number of amides is 1. The summed E-state index contributed by atoms with van der Waals surface area (Å²) in [5.41, 5.74) is 2.24. The second kappa shape index (κ2) is 7.09. The Bertz CT molecular complexity index is 896. The third-order valence-electron chi connectivity index (χ3n) is 3.68. The average Bonchev–Trinajstić information content (AvgIpc) is 2.64. The van der Waals surface area contributed by atoms with E-state index in [-0.39, 0.29) is 23.4 Å². The van der Waals surface area contributed by atoms with Gasteiger partial charge in [-0.3, -0.25) is 14.9 Å². The van der Waals surface area contributed by atoms with E-state index in [1.165, 1.54) is 13.0 Å². The van der Waals surface area contributed by atoms with Crippen molar-refractivity contribution in [2.75, 3.05) is 6.61 Å². The summed E-state index contributed by atoms with van der Waals surface area (Å²) in [4.78, 5) is 22.4. The highest BCUT2D eigenvalue weighted by Crippen LogP contribution is 2.30. The molecule has 2 aromatic carbocycles. The zero-order valence-electron chi connectivity index (χ0n) is 13.7. The molecule has 0 unspecified atom stereocenters. The molecule has 0 radical (unpaired) electrons. The summed E-state index contributed by atoms with van der Waals surface area (Å²) < 4.78 is 11.0. The number of rotatable bonds is 4. The van der Waals surface area contributed by atoms with E-state index in [0.29, 0.717) is 11.5 Å². The quantitative estimate of drug-likeness (QED) is 0.499. The van der Waals surface area contributed by atoms with E-state index in [1.54, 1.807) is 24.3 Å². The van der Waals surface area contributed by atoms with Gasteiger partial charge in [-0.25, -0.2) is 5.43 Å². The van der Waals surface area contributed by atoms with Gasteiger partial charge in [0.15, 0.2) is 11.5 Å². The number of hydrazone groups is 1. The van der Waals surface area contributed by atoms with Crippen molar-refractivity contribution in [2.24, 2.45) is 5.10 Å². The fourth-order valence-corrected chi connectivity index (χ4v) is 2.37. The number of aryl methyl sites for hydroxylation is 1. The average molecular weight is 356 g/mol. The minimum Gasteiger partial charge on any atom is -0.872 e. The number of nitro benzene ring substituents is 1. The third-order valence-corrected chi connectivity index (χ3v) is 3.68. The molecule has 1 heterocycles. The molecule has 0 aromatic heterocycles. The van der Waals surface area contributed by atoms with Crippen LogP contribution in [0.3, 0.4) is 0 Å². The first-order chi connectivity index (χ1) is 12.5. The van der Waals surface area contributed by atoms with E-state index >= 15 is 0 Å². The van der Waals surface area contributed by atoms with E-state index in [2.05, 4.69) is 10.5 Å². The standard InChI is InChI=1S/C17H15N3O6/c1-10-6-12(20(23)24)7-11(16(10)21)8-18-19-17(22)15-9-25-13-4-2-3-5-14(13)26-15/h2-8,15,21H,9H2,1H3,(H,19,22)/p-1/t15-/m0/s1. The minimum absolute atomic E-state index is 0.00292. The highest BCUT2D eigenvalue weighted by Gasteiger charge is 2.27. The van der Waals surface area contributed by atoms with Crippen LogP contribution in [0.2, 0.25) is 0 Å². The predicted molar refractivity (Wildman–Crippen MR) is 89.4 cm³/mol. The highest BCUT2D eigenvalue weighted by atomic mass is 16.6. The molecule has 1 aliphatic rings. The van der Waals surface area contributed by atoms with Gasteiger partial charge in [-0.05, 0) is 24.6 Å². The molecule has 134 valence electrons. The van der Waals surface area contributed by atoms with Gasteiger partial charge in [-0.15, -0.1) is 0 Å². The van der Waals surface area contributed by atoms with Crippen LogP contribution in [0, 0.1) is 17.0 Å². The second-order valence-electron chi connectivity index (χ2n) is 5.54. The van der Waals surface area contributed by atoms with E-state index in [1.807, 2.05) is 0 Å². The number of benzene rings is 2. The van der Waals surface area contributed by atoms with Crippen molar-refractivity contribution in [3.63, 3.8) is 0 Å². The summed E-state index contributed by atoms with van der Waals surface area (Å²) >= 11 is 0. The number of nitro groups is 1. The summed E-state index contributed by atoms with van der Waals surface area (Å²) in [7, 11) is 0. The fourth-order valence-electron chi connectivity index (χ4n) is 2.37. The van der Waals surface area contributed by atoms with Crippen LogP contribution in [0.25, 0.3) is 0 Å². The van der Waals surface area contributed by atoms with Gasteiger partial charge < -0.3 is 14.6 Å². The number of para-hydroxylation sites is 2. The molecule has 0 spiro atoms. The van der Waals surface area contributed by atoms with Gasteiger partial charge in [0.1, 0.15) is 6.61 Å². The Kier molecular flexibility index (Phi) is 4.70. The van der Waals surface area contributed by atoms with E-state index in [9.17, 15) is 20.0 Å². The normalized spacial score (nSPS) is 15.7. The maximum absolute atomic E-state index is 12.1. The summed E-state index contributed by atoms with van der Waals surface area (Å²) in [6.07, 6.45) is 0.165. The number of carbonyl (C=O) groups is 1. The van der Waals surface area contributed by atoms with E-state index < -0.39 is 22.7 Å². The number of carbonyl (C=O) groups excluding carboxylic acids is 1. The van der Waals surface area contributed by atoms with Crippen molar-refractivity contribution in [2.45, 2.75) is 13.0 Å². The molecular formula is C17H14N3O6-. The highest BCUT2D eigenvalue weighted by molar-refractivity contribution is 5.87. The lowest BCUT2D eigenvalue weighted by molar-refractivity contribution is -0.385. The number of hydrogen-bond acceptors (Lipinski definition) is 7. The van der Waals surface area contributed by atoms with Gasteiger partial charge in [0.25, 0.3) is 11.6 Å². The van der Waals surface area contributed by atoms with Gasteiger partial charge in [-0.1, -0.05) is 23.4 Å². The number of hydrogen-bond donors (Lipinski definition) is 1. The fraction of sp³-hybridized carbons (Fsp3) is 0.176. The van der Waals surface area contributed by atoms with Crippen molar-refractivity contribution in [3.8, 4) is 17.2 Å². The molecule has 0 saturated heterocycles. The summed E-state index contributed by atoms with van der Waals surface area (Å²) in [6.45, 7) is 1.48. The van der Waals surface area contributed by atoms with Crippen molar-refractivity contribution in [1.82, 2.24) is 5.43 Å². The van der Waals surface area contributed by atoms with E-state index in [4.69, 9.17) is 9.47 Å². The zero-order chi connectivity index (χ0) is 18.7. The lowest BCUT2D eigenvalue weighted by Crippen LogP contribution is -2.42. The number of nitrogens with one attached hydrogen (secondary N) is 1. The first-order valence-corrected chi connectivity index (χ1v) is 7.63. The number of nitrogens with zero attached hydrogens (tertiary/aromatic N) is 2. The van der Waals surface area contributed by atoms with Gasteiger partial charge in [0.05, 0.1) is 11.1 Å². The Morgan fingerprint density at radius 2 is 2.08 bits per heavy atom. The molecule has 2 aromatic rings. The largest absolute Gasteiger partial charge is 0.872 e. The van der Waals surface area contributed by atoms with Crippen LogP contribution in [-0.2, 0) is 4.79 Å². The van der Waals surface area contributed by atoms with Gasteiger partial charge in [0.2, 0.25) is 6.10 Å². The first kappa shape index (κ1) is 17.2. The molecule has 0 fully saturated rings. The monoisotopic (exact) mass is 356 g/mol. The Balaban J connectivity index is 1.68. The van der Waals surface area contributed by atoms with E-state index in [0.717, 1.165) is 12.3 Å². The SMILES string of the molecule is Cc1cc([N+](=O)[O-])cc(C=NNC(=O)[C@@H]2COc3ccccc3O2)c1[O-]. The summed E-state index contributed by atoms with van der Waals surface area (Å²) in [5, 5.41) is 26.5. The van der Waals surface area contributed by atoms with Crippen LogP contribution in [0.15, 0.2) is 41.5 Å². The molecule has 9 heteroatoms. The molecule has 1 atom stereocenters. The lowest BCUT2D eigenvalue weighted by atomic mass is 10.1. The Hall–Kier alpha value is -3.62. The minimum atomic E-state index is -0.902. The molecule has 9 nitrogen and oxygen atoms in total. The third kappa shape index (κ3) is 3.56. The zero-order valence-corrected chi connectivity index (χ0v) is 13.7. The van der Waals surface area contributed by atoms with Crippen LogP contribution < -0.4 is 20.0 Å². The molecule has 3 rings (SSSR count). The van der Waals surface area contributed by atoms with Crippen molar-refractivity contribution < 1.29 is 24.3 Å². The molecule has 1 aliphatic heterocycles. The molecule has 1 amide bonds. The van der Waals surface area contributed by atoms with Crippen LogP contribution in [-0.4, -0.2) is 29.8 Å². The van der Waals surface area contributed by atoms with Gasteiger partial charge >= 0.3 is 0 Å². The van der Waals surface area contributed by atoms with Crippen LogP contribution in [0.5, 0.6) is 17.2 Å². The van der Waals surface area contributed by atoms with Gasteiger partial charge in [-0.2, -0.15) is 5.10 Å². The first-order valence-electron chi connectivity index (χ1n) is 7.63. The molecular weight excluding hydrogens is 342 g/mol. The summed E-state index contributed by atoms with van der Waals surface area (Å²) in [6, 6.07) is 9.22. The summed E-state index contributed by atoms with van der Waals surface area (Å²) in [5.74, 6) is 0.0206. The van der Waals surface area contributed by atoms with Crippen molar-refractivity contribution in [1.29, 1.82) is 0 Å². The van der Waals surface area contributed by atoms with Crippen LogP contribution in [0.1, 0.15) is 11.1 Å². The number of ether oxygens (including phenoxy) is 2. The van der Waals surface area contributed by atoms with Crippen LogP contribution >= 0.6 is 0 Å². The molecule has 0 aliphatic carbocycles. The molecule has 1 N–H and O–H groups in total. The smallest absolute Gasteiger partial charge is 0.284 e. The topological polar surface area (TPSA) is 126 Å². The van der Waals surface area contributed by atoms with Gasteiger partial charge in [0, 0.05) is 12.1 Å². The van der Waals surface area contributed by atoms with Crippen LogP contribution in [0.4, 0.5) is 5.69 Å². The van der Waals surface area contributed by atoms with Crippen molar-refractivity contribution in [3.05, 3.63) is 57.6 Å². The Morgan fingerprint density at radius 3 is 2.81 bits per heavy atom. The molecule has 0 bridgehead atoms. The molecule has 26 heavy (non-hydrogen) atoms.